The Balaban J connectivity index is 1.93. The summed E-state index contributed by atoms with van der Waals surface area (Å²) >= 11 is 0. The molecule has 5 nitrogen and oxygen atoms in total. The fourth-order valence-electron chi connectivity index (χ4n) is 2.59. The van der Waals surface area contributed by atoms with E-state index in [0.29, 0.717) is 12.5 Å². The average Bonchev–Trinajstić information content (AvgIpc) is 2.95. The number of nitrogens with zero attached hydrogens (tertiary/aromatic N) is 3. The minimum atomic E-state index is 0.0109. The van der Waals surface area contributed by atoms with Gasteiger partial charge in [-0.15, -0.1) is 0 Å². The van der Waals surface area contributed by atoms with E-state index in [1.165, 1.54) is 12.8 Å². The summed E-state index contributed by atoms with van der Waals surface area (Å²) < 4.78 is 1.58. The first kappa shape index (κ1) is 15.0. The number of rotatable bonds is 7. The number of nitrogens with one attached hydrogen (secondary N) is 1. The van der Waals surface area contributed by atoms with Crippen LogP contribution in [0.3, 0.4) is 0 Å². The van der Waals surface area contributed by atoms with Gasteiger partial charge in [0.25, 0.3) is 5.56 Å². The van der Waals surface area contributed by atoms with Crippen LogP contribution in [0.15, 0.2) is 17.1 Å². The molecule has 20 heavy (non-hydrogen) atoms. The van der Waals surface area contributed by atoms with E-state index in [-0.39, 0.29) is 5.56 Å². The van der Waals surface area contributed by atoms with E-state index in [4.69, 9.17) is 0 Å². The van der Waals surface area contributed by atoms with Crippen LogP contribution in [0.2, 0.25) is 0 Å². The van der Waals surface area contributed by atoms with Crippen molar-refractivity contribution in [1.29, 1.82) is 0 Å². The fourth-order valence-corrected chi connectivity index (χ4v) is 2.59. The van der Waals surface area contributed by atoms with E-state index < -0.39 is 0 Å². The quantitative estimate of drug-likeness (QED) is 0.768. The maximum absolute atomic E-state index is 12.1. The number of hydrogen-bond acceptors (Lipinski definition) is 4. The van der Waals surface area contributed by atoms with Crippen LogP contribution in [0, 0.1) is 5.92 Å². The van der Waals surface area contributed by atoms with Crippen molar-refractivity contribution in [2.24, 2.45) is 5.92 Å². The van der Waals surface area contributed by atoms with E-state index in [2.05, 4.69) is 29.2 Å². The van der Waals surface area contributed by atoms with Crippen molar-refractivity contribution in [3.05, 3.63) is 22.6 Å². The van der Waals surface area contributed by atoms with E-state index >= 15 is 0 Å². The van der Waals surface area contributed by atoms with Crippen molar-refractivity contribution < 1.29 is 0 Å². The van der Waals surface area contributed by atoms with Gasteiger partial charge < -0.3 is 10.2 Å². The molecule has 1 aliphatic rings. The summed E-state index contributed by atoms with van der Waals surface area (Å²) in [6, 6.07) is 1.73. The summed E-state index contributed by atoms with van der Waals surface area (Å²) in [6.45, 7) is 9.02. The molecule has 5 heteroatoms. The summed E-state index contributed by atoms with van der Waals surface area (Å²) in [6.07, 6.45) is 5.39. The molecule has 0 aliphatic carbocycles. The number of hydrogen-bond donors (Lipinski definition) is 1. The van der Waals surface area contributed by atoms with Crippen molar-refractivity contribution in [3.63, 3.8) is 0 Å². The van der Waals surface area contributed by atoms with Gasteiger partial charge in [0, 0.05) is 25.7 Å². The van der Waals surface area contributed by atoms with Gasteiger partial charge in [0.05, 0.1) is 11.9 Å². The molecule has 1 aliphatic heterocycles. The zero-order chi connectivity index (χ0) is 14.4. The molecule has 1 saturated heterocycles. The van der Waals surface area contributed by atoms with E-state index in [9.17, 15) is 4.79 Å². The van der Waals surface area contributed by atoms with E-state index in [1.807, 2.05) is 6.20 Å². The summed E-state index contributed by atoms with van der Waals surface area (Å²) in [4.78, 5) is 14.4. The lowest BCUT2D eigenvalue weighted by Crippen LogP contribution is -2.31. The molecule has 112 valence electrons. The van der Waals surface area contributed by atoms with Gasteiger partial charge >= 0.3 is 0 Å². The lowest BCUT2D eigenvalue weighted by Gasteiger charge is -2.18. The number of anilines is 1. The van der Waals surface area contributed by atoms with Crippen LogP contribution in [-0.2, 0) is 6.54 Å². The van der Waals surface area contributed by atoms with Crippen LogP contribution in [0.1, 0.15) is 33.1 Å². The monoisotopic (exact) mass is 278 g/mol. The van der Waals surface area contributed by atoms with Crippen LogP contribution in [0.5, 0.6) is 0 Å². The van der Waals surface area contributed by atoms with Gasteiger partial charge in [0.15, 0.2) is 0 Å². The first-order chi connectivity index (χ1) is 9.70. The molecule has 0 aromatic carbocycles. The summed E-state index contributed by atoms with van der Waals surface area (Å²) in [5.41, 5.74) is 0.984. The second kappa shape index (κ2) is 7.43. The molecule has 1 aromatic heterocycles. The normalized spacial score (nSPS) is 16.6. The Kier molecular flexibility index (Phi) is 5.59. The standard InChI is InChI=1S/C15H26N4O/c1-3-6-16-10-13(2)12-19-15(20)9-14(11-17-19)18-7-4-5-8-18/h9,11,13,16H,3-8,10,12H2,1-2H3. The van der Waals surface area contributed by atoms with Gasteiger partial charge in [0.1, 0.15) is 0 Å². The van der Waals surface area contributed by atoms with Gasteiger partial charge in [-0.2, -0.15) is 5.10 Å². The molecular formula is C15H26N4O. The van der Waals surface area contributed by atoms with E-state index in [1.54, 1.807) is 10.7 Å². The molecule has 1 aromatic rings. The molecule has 1 atom stereocenters. The maximum Gasteiger partial charge on any atom is 0.268 e. The second-order valence-electron chi connectivity index (χ2n) is 5.74. The molecule has 1 N–H and O–H groups in total. The fraction of sp³-hybridized carbons (Fsp3) is 0.733. The third-order valence-corrected chi connectivity index (χ3v) is 3.73. The van der Waals surface area contributed by atoms with Crippen molar-refractivity contribution in [2.45, 2.75) is 39.7 Å². The molecule has 0 saturated carbocycles. The smallest absolute Gasteiger partial charge is 0.268 e. The van der Waals surface area contributed by atoms with Crippen LogP contribution < -0.4 is 15.8 Å². The first-order valence-corrected chi connectivity index (χ1v) is 7.73. The Labute approximate surface area is 121 Å². The Morgan fingerprint density at radius 2 is 2.15 bits per heavy atom. The van der Waals surface area contributed by atoms with Crippen LogP contribution in [0.4, 0.5) is 5.69 Å². The molecule has 2 heterocycles. The highest BCUT2D eigenvalue weighted by Gasteiger charge is 2.14. The minimum Gasteiger partial charge on any atom is -0.370 e. The molecular weight excluding hydrogens is 252 g/mol. The Morgan fingerprint density at radius 3 is 2.80 bits per heavy atom. The second-order valence-corrected chi connectivity index (χ2v) is 5.74. The Bertz CT molecular complexity index is 465. The molecule has 1 fully saturated rings. The third-order valence-electron chi connectivity index (χ3n) is 3.73. The predicted octanol–water partition coefficient (Wildman–Crippen LogP) is 1.48. The van der Waals surface area contributed by atoms with Crippen LogP contribution in [-0.4, -0.2) is 36.0 Å². The summed E-state index contributed by atoms with van der Waals surface area (Å²) in [5, 5.41) is 7.71. The van der Waals surface area contributed by atoms with Crippen molar-refractivity contribution in [3.8, 4) is 0 Å². The molecule has 2 rings (SSSR count). The zero-order valence-corrected chi connectivity index (χ0v) is 12.6. The molecule has 0 spiro atoms. The molecule has 0 radical (unpaired) electrons. The van der Waals surface area contributed by atoms with Gasteiger partial charge in [-0.3, -0.25) is 4.79 Å². The molecule has 0 amide bonds. The first-order valence-electron chi connectivity index (χ1n) is 7.73. The van der Waals surface area contributed by atoms with Crippen molar-refractivity contribution in [1.82, 2.24) is 15.1 Å². The highest BCUT2D eigenvalue weighted by molar-refractivity contribution is 5.43. The predicted molar refractivity (Wildman–Crippen MR) is 82.3 cm³/mol. The SMILES string of the molecule is CCCNCC(C)Cn1ncc(N2CCCC2)cc1=O. The topological polar surface area (TPSA) is 50.2 Å². The Morgan fingerprint density at radius 1 is 1.40 bits per heavy atom. The molecule has 1 unspecified atom stereocenters. The average molecular weight is 278 g/mol. The number of aromatic nitrogens is 2. The lowest BCUT2D eigenvalue weighted by molar-refractivity contribution is 0.410. The van der Waals surface area contributed by atoms with Gasteiger partial charge in [0.2, 0.25) is 0 Å². The van der Waals surface area contributed by atoms with Gasteiger partial charge in [-0.05, 0) is 38.3 Å². The summed E-state index contributed by atoms with van der Waals surface area (Å²) in [7, 11) is 0. The lowest BCUT2D eigenvalue weighted by atomic mass is 10.2. The summed E-state index contributed by atoms with van der Waals surface area (Å²) in [5.74, 6) is 0.407. The highest BCUT2D eigenvalue weighted by atomic mass is 16.1. The maximum atomic E-state index is 12.1. The Hall–Kier alpha value is -1.36. The van der Waals surface area contributed by atoms with Crippen LogP contribution >= 0.6 is 0 Å². The largest absolute Gasteiger partial charge is 0.370 e. The van der Waals surface area contributed by atoms with E-state index in [0.717, 1.165) is 38.3 Å². The highest BCUT2D eigenvalue weighted by Crippen LogP contribution is 2.16. The third kappa shape index (κ3) is 4.07. The van der Waals surface area contributed by atoms with Crippen molar-refractivity contribution in [2.75, 3.05) is 31.1 Å². The van der Waals surface area contributed by atoms with Gasteiger partial charge in [-0.1, -0.05) is 13.8 Å². The zero-order valence-electron chi connectivity index (χ0n) is 12.6. The molecule has 0 bridgehead atoms. The van der Waals surface area contributed by atoms with Crippen molar-refractivity contribution >= 4 is 5.69 Å². The minimum absolute atomic E-state index is 0.0109. The van der Waals surface area contributed by atoms with Crippen LogP contribution in [0.25, 0.3) is 0 Å². The van der Waals surface area contributed by atoms with Gasteiger partial charge in [-0.25, -0.2) is 4.68 Å².